The van der Waals surface area contributed by atoms with Crippen molar-refractivity contribution >= 4 is 17.5 Å². The first-order valence-electron chi connectivity index (χ1n) is 5.93. The molecule has 94 valence electrons. The number of hydrogen-bond acceptors (Lipinski definition) is 1. The summed E-state index contributed by atoms with van der Waals surface area (Å²) in [5.41, 5.74) is 1.49. The van der Waals surface area contributed by atoms with Crippen LogP contribution in [0.1, 0.15) is 30.6 Å². The van der Waals surface area contributed by atoms with E-state index in [0.717, 1.165) is 6.42 Å². The molecule has 1 N–H and O–H groups in total. The lowest BCUT2D eigenvalue weighted by atomic mass is 9.90. The summed E-state index contributed by atoms with van der Waals surface area (Å²) in [5.74, 6) is -0.0994. The molecule has 0 heterocycles. The van der Waals surface area contributed by atoms with Crippen LogP contribution in [0, 0.1) is 0 Å². The zero-order valence-corrected chi connectivity index (χ0v) is 11.3. The Labute approximate surface area is 112 Å². The number of rotatable bonds is 2. The second-order valence-corrected chi connectivity index (χ2v) is 5.30. The van der Waals surface area contributed by atoms with Gasteiger partial charge >= 0.3 is 0 Å². The second kappa shape index (κ2) is 4.99. The van der Waals surface area contributed by atoms with Gasteiger partial charge in [-0.2, -0.15) is 0 Å². The van der Waals surface area contributed by atoms with Crippen molar-refractivity contribution in [2.75, 3.05) is 0 Å². The molecule has 2 rings (SSSR count). The van der Waals surface area contributed by atoms with Crippen LogP contribution in [0.3, 0.4) is 0 Å². The predicted molar refractivity (Wildman–Crippen MR) is 74.8 cm³/mol. The first-order chi connectivity index (χ1) is 8.48. The molecule has 2 nitrogen and oxygen atoms in total. The van der Waals surface area contributed by atoms with Gasteiger partial charge in [0, 0.05) is 10.6 Å². The van der Waals surface area contributed by atoms with Crippen molar-refractivity contribution in [3.63, 3.8) is 0 Å². The molecular weight excluding hydrogens is 246 g/mol. The molecule has 0 saturated heterocycles. The molecule has 1 atom stereocenters. The van der Waals surface area contributed by atoms with Gasteiger partial charge in [0.2, 0.25) is 0 Å². The van der Waals surface area contributed by atoms with Crippen LogP contribution >= 0.6 is 11.6 Å². The van der Waals surface area contributed by atoms with E-state index < -0.39 is 0 Å². The Balaban J connectivity index is 2.11. The standard InChI is InChI=1S/C15H16ClNO/c1-11-6-8-15(2,9-7-11)17-14(18)12-4-3-5-13(16)10-12/h3-8,10H,9H2,1-2H3,(H,17,18). The quantitative estimate of drug-likeness (QED) is 0.863. The highest BCUT2D eigenvalue weighted by Crippen LogP contribution is 2.21. The molecule has 3 heteroatoms. The van der Waals surface area contributed by atoms with Crippen LogP contribution in [0.15, 0.2) is 48.1 Å². The Morgan fingerprint density at radius 3 is 2.83 bits per heavy atom. The Morgan fingerprint density at radius 1 is 1.44 bits per heavy atom. The maximum Gasteiger partial charge on any atom is 0.252 e. The van der Waals surface area contributed by atoms with E-state index in [1.165, 1.54) is 5.57 Å². The van der Waals surface area contributed by atoms with Gasteiger partial charge in [0.25, 0.3) is 5.91 Å². The van der Waals surface area contributed by atoms with Crippen molar-refractivity contribution in [2.24, 2.45) is 0 Å². The van der Waals surface area contributed by atoms with Gasteiger partial charge in [-0.25, -0.2) is 0 Å². The highest BCUT2D eigenvalue weighted by atomic mass is 35.5. The monoisotopic (exact) mass is 261 g/mol. The molecule has 0 saturated carbocycles. The molecule has 1 amide bonds. The summed E-state index contributed by atoms with van der Waals surface area (Å²) >= 11 is 5.88. The van der Waals surface area contributed by atoms with Crippen LogP contribution in [-0.2, 0) is 0 Å². The molecule has 1 unspecified atom stereocenters. The normalized spacial score (nSPS) is 22.5. The molecule has 0 aromatic heterocycles. The van der Waals surface area contributed by atoms with Crippen molar-refractivity contribution in [3.8, 4) is 0 Å². The van der Waals surface area contributed by atoms with E-state index in [-0.39, 0.29) is 11.4 Å². The minimum atomic E-state index is -0.321. The molecule has 0 bridgehead atoms. The van der Waals surface area contributed by atoms with Gasteiger partial charge in [-0.05, 0) is 38.5 Å². The number of carbonyl (C=O) groups is 1. The molecular formula is C15H16ClNO. The van der Waals surface area contributed by atoms with Gasteiger partial charge in [0.15, 0.2) is 0 Å². The number of benzene rings is 1. The first-order valence-corrected chi connectivity index (χ1v) is 6.30. The highest BCUT2D eigenvalue weighted by molar-refractivity contribution is 6.30. The highest BCUT2D eigenvalue weighted by Gasteiger charge is 2.24. The van der Waals surface area contributed by atoms with Gasteiger partial charge in [0.05, 0.1) is 5.54 Å². The SMILES string of the molecule is CC1=CCC(C)(NC(=O)c2cccc(Cl)c2)C=C1. The van der Waals surface area contributed by atoms with Gasteiger partial charge in [-0.3, -0.25) is 4.79 Å². The number of amides is 1. The number of carbonyl (C=O) groups excluding carboxylic acids is 1. The lowest BCUT2D eigenvalue weighted by molar-refractivity contribution is 0.0922. The van der Waals surface area contributed by atoms with E-state index in [2.05, 4.69) is 18.3 Å². The summed E-state index contributed by atoms with van der Waals surface area (Å²) < 4.78 is 0. The van der Waals surface area contributed by atoms with Crippen molar-refractivity contribution in [2.45, 2.75) is 25.8 Å². The third-order valence-electron chi connectivity index (χ3n) is 3.05. The largest absolute Gasteiger partial charge is 0.343 e. The van der Waals surface area contributed by atoms with Crippen LogP contribution in [0.25, 0.3) is 0 Å². The smallest absolute Gasteiger partial charge is 0.252 e. The molecule has 0 aliphatic heterocycles. The molecule has 1 aromatic carbocycles. The van der Waals surface area contributed by atoms with E-state index in [9.17, 15) is 4.79 Å². The summed E-state index contributed by atoms with van der Waals surface area (Å²) in [5, 5.41) is 3.60. The minimum absolute atomic E-state index is 0.0994. The van der Waals surface area contributed by atoms with E-state index in [0.29, 0.717) is 10.6 Å². The van der Waals surface area contributed by atoms with Crippen LogP contribution in [0.4, 0.5) is 0 Å². The molecule has 0 radical (unpaired) electrons. The fraction of sp³-hybridized carbons (Fsp3) is 0.267. The Hall–Kier alpha value is -1.54. The number of halogens is 1. The van der Waals surface area contributed by atoms with E-state index in [4.69, 9.17) is 11.6 Å². The summed E-state index contributed by atoms with van der Waals surface area (Å²) in [6, 6.07) is 6.97. The van der Waals surface area contributed by atoms with Crippen molar-refractivity contribution in [1.82, 2.24) is 5.32 Å². The maximum atomic E-state index is 12.1. The van der Waals surface area contributed by atoms with Gasteiger partial charge < -0.3 is 5.32 Å². The number of nitrogens with one attached hydrogen (secondary N) is 1. The third-order valence-corrected chi connectivity index (χ3v) is 3.28. The average Bonchev–Trinajstić information content (AvgIpc) is 2.33. The maximum absolute atomic E-state index is 12.1. The molecule has 1 aliphatic carbocycles. The third kappa shape index (κ3) is 3.02. The zero-order chi connectivity index (χ0) is 13.2. The fourth-order valence-corrected chi connectivity index (χ4v) is 2.07. The molecule has 18 heavy (non-hydrogen) atoms. The Kier molecular flexibility index (Phi) is 3.58. The summed E-state index contributed by atoms with van der Waals surface area (Å²) in [6.45, 7) is 4.06. The van der Waals surface area contributed by atoms with Gasteiger partial charge in [0.1, 0.15) is 0 Å². The van der Waals surface area contributed by atoms with Crippen LogP contribution < -0.4 is 5.32 Å². The molecule has 1 aromatic rings. The van der Waals surface area contributed by atoms with E-state index in [1.54, 1.807) is 24.3 Å². The zero-order valence-electron chi connectivity index (χ0n) is 10.5. The lowest BCUT2D eigenvalue weighted by Crippen LogP contribution is -2.44. The van der Waals surface area contributed by atoms with Crippen LogP contribution in [0.5, 0.6) is 0 Å². The molecule has 0 spiro atoms. The van der Waals surface area contributed by atoms with E-state index >= 15 is 0 Å². The van der Waals surface area contributed by atoms with Gasteiger partial charge in [-0.15, -0.1) is 0 Å². The topological polar surface area (TPSA) is 29.1 Å². The van der Waals surface area contributed by atoms with Crippen LogP contribution in [-0.4, -0.2) is 11.4 Å². The minimum Gasteiger partial charge on any atom is -0.343 e. The first kappa shape index (κ1) is 12.9. The number of hydrogen-bond donors (Lipinski definition) is 1. The summed E-state index contributed by atoms with van der Waals surface area (Å²) in [6.07, 6.45) is 6.99. The fourth-order valence-electron chi connectivity index (χ4n) is 1.88. The lowest BCUT2D eigenvalue weighted by Gasteiger charge is -2.29. The summed E-state index contributed by atoms with van der Waals surface area (Å²) in [7, 11) is 0. The average molecular weight is 262 g/mol. The van der Waals surface area contributed by atoms with E-state index in [1.807, 2.05) is 19.1 Å². The second-order valence-electron chi connectivity index (χ2n) is 4.87. The van der Waals surface area contributed by atoms with Crippen LogP contribution in [0.2, 0.25) is 5.02 Å². The Morgan fingerprint density at radius 2 is 2.22 bits per heavy atom. The molecule has 1 aliphatic rings. The van der Waals surface area contributed by atoms with Gasteiger partial charge in [-0.1, -0.05) is 41.5 Å². The number of allylic oxidation sites excluding steroid dienone is 2. The predicted octanol–water partition coefficient (Wildman–Crippen LogP) is 3.73. The Bertz CT molecular complexity index is 533. The van der Waals surface area contributed by atoms with Crippen molar-refractivity contribution in [1.29, 1.82) is 0 Å². The van der Waals surface area contributed by atoms with Crippen molar-refractivity contribution in [3.05, 3.63) is 58.7 Å². The molecule has 0 fully saturated rings. The van der Waals surface area contributed by atoms with Crippen molar-refractivity contribution < 1.29 is 4.79 Å². The summed E-state index contributed by atoms with van der Waals surface area (Å²) in [4.78, 5) is 12.1.